The third-order valence-electron chi connectivity index (χ3n) is 2.73. The molecule has 0 atom stereocenters. The van der Waals surface area contributed by atoms with Crippen LogP contribution in [-0.4, -0.2) is 20.6 Å². The minimum atomic E-state index is -1.15. The summed E-state index contributed by atoms with van der Waals surface area (Å²) in [6.45, 7) is 2.49. The first-order chi connectivity index (χ1) is 10.0. The summed E-state index contributed by atoms with van der Waals surface area (Å²) in [7, 11) is 0. The molecule has 0 saturated carbocycles. The van der Waals surface area contributed by atoms with Crippen LogP contribution in [0.2, 0.25) is 0 Å². The number of halogens is 1. The maximum Gasteiger partial charge on any atom is 0.335 e. The molecule has 0 spiro atoms. The molecule has 0 aliphatic rings. The minimum Gasteiger partial charge on any atom is -0.478 e. The molecule has 1 heterocycles. The van der Waals surface area contributed by atoms with Gasteiger partial charge in [0.15, 0.2) is 5.03 Å². The van der Waals surface area contributed by atoms with Crippen LogP contribution < -0.4 is 5.56 Å². The van der Waals surface area contributed by atoms with Crippen molar-refractivity contribution in [2.45, 2.75) is 29.8 Å². The zero-order valence-corrected chi connectivity index (χ0v) is 12.1. The van der Waals surface area contributed by atoms with E-state index in [-0.39, 0.29) is 21.0 Å². The number of carboxylic acids is 1. The Kier molecular flexibility index (Phi) is 4.74. The number of aromatic carboxylic acids is 1. The van der Waals surface area contributed by atoms with Crippen molar-refractivity contribution in [2.75, 3.05) is 0 Å². The Morgan fingerprint density at radius 3 is 2.90 bits per heavy atom. The fourth-order valence-corrected chi connectivity index (χ4v) is 2.61. The van der Waals surface area contributed by atoms with E-state index in [0.29, 0.717) is 6.54 Å². The normalized spacial score (nSPS) is 10.6. The lowest BCUT2D eigenvalue weighted by Crippen LogP contribution is -2.21. The fraction of sp³-hybridized carbons (Fsp3) is 0.214. The Morgan fingerprint density at radius 1 is 1.48 bits per heavy atom. The summed E-state index contributed by atoms with van der Waals surface area (Å²) in [6, 6.07) is 3.44. The molecule has 0 radical (unpaired) electrons. The van der Waals surface area contributed by atoms with Gasteiger partial charge in [0.1, 0.15) is 5.82 Å². The Bertz CT molecular complexity index is 730. The average Bonchev–Trinajstić information content (AvgIpc) is 2.45. The molecule has 1 aromatic heterocycles. The quantitative estimate of drug-likeness (QED) is 0.919. The number of carbonyl (C=O) groups is 1. The highest BCUT2D eigenvalue weighted by atomic mass is 32.2. The van der Waals surface area contributed by atoms with Crippen LogP contribution in [0.15, 0.2) is 45.3 Å². The predicted octanol–water partition coefficient (Wildman–Crippen LogP) is 2.64. The number of aryl methyl sites for hydroxylation is 1. The van der Waals surface area contributed by atoms with E-state index >= 15 is 0 Å². The van der Waals surface area contributed by atoms with E-state index in [1.54, 1.807) is 6.20 Å². The number of hydrogen-bond acceptors (Lipinski definition) is 4. The highest BCUT2D eigenvalue weighted by Crippen LogP contribution is 2.27. The summed E-state index contributed by atoms with van der Waals surface area (Å²) < 4.78 is 15.2. The second-order valence-corrected chi connectivity index (χ2v) is 5.31. The molecule has 110 valence electrons. The van der Waals surface area contributed by atoms with Gasteiger partial charge in [-0.2, -0.15) is 0 Å². The second kappa shape index (κ2) is 6.53. The van der Waals surface area contributed by atoms with Crippen molar-refractivity contribution in [2.24, 2.45) is 0 Å². The first-order valence-corrected chi connectivity index (χ1v) is 7.10. The van der Waals surface area contributed by atoms with Crippen LogP contribution in [0.3, 0.4) is 0 Å². The van der Waals surface area contributed by atoms with Crippen molar-refractivity contribution in [3.8, 4) is 0 Å². The molecule has 2 rings (SSSR count). The SMILES string of the molecule is CCCn1ccnc(Sc2cc(C(=O)O)ccc2F)c1=O. The van der Waals surface area contributed by atoms with E-state index in [1.165, 1.54) is 22.9 Å². The van der Waals surface area contributed by atoms with Gasteiger partial charge in [-0.05, 0) is 24.6 Å². The molecule has 0 amide bonds. The maximum absolute atomic E-state index is 13.7. The van der Waals surface area contributed by atoms with Gasteiger partial charge in [0.05, 0.1) is 10.5 Å². The molecule has 1 aromatic carbocycles. The Balaban J connectivity index is 2.38. The lowest BCUT2D eigenvalue weighted by Gasteiger charge is -2.07. The first kappa shape index (κ1) is 15.2. The molecular formula is C14H13FN2O3S. The summed E-state index contributed by atoms with van der Waals surface area (Å²) in [4.78, 5) is 27.1. The monoisotopic (exact) mass is 308 g/mol. The molecule has 5 nitrogen and oxygen atoms in total. The molecule has 2 aromatic rings. The highest BCUT2D eigenvalue weighted by molar-refractivity contribution is 7.99. The van der Waals surface area contributed by atoms with Crippen molar-refractivity contribution in [1.29, 1.82) is 0 Å². The summed E-state index contributed by atoms with van der Waals surface area (Å²) in [5, 5.41) is 9.04. The van der Waals surface area contributed by atoms with Gasteiger partial charge in [0.2, 0.25) is 0 Å². The summed E-state index contributed by atoms with van der Waals surface area (Å²) in [5.74, 6) is -1.74. The molecule has 0 fully saturated rings. The molecule has 21 heavy (non-hydrogen) atoms. The first-order valence-electron chi connectivity index (χ1n) is 6.29. The summed E-state index contributed by atoms with van der Waals surface area (Å²) in [6.07, 6.45) is 3.83. The molecule has 0 saturated heterocycles. The predicted molar refractivity (Wildman–Crippen MR) is 76.3 cm³/mol. The van der Waals surface area contributed by atoms with E-state index in [9.17, 15) is 14.0 Å². The van der Waals surface area contributed by atoms with Gasteiger partial charge in [-0.1, -0.05) is 18.7 Å². The molecule has 0 aliphatic heterocycles. The van der Waals surface area contributed by atoms with Crippen LogP contribution in [0.4, 0.5) is 4.39 Å². The van der Waals surface area contributed by atoms with Crippen LogP contribution >= 0.6 is 11.8 Å². The maximum atomic E-state index is 13.7. The second-order valence-electron chi connectivity index (χ2n) is 4.28. The summed E-state index contributed by atoms with van der Waals surface area (Å²) in [5.41, 5.74) is -0.354. The zero-order valence-electron chi connectivity index (χ0n) is 11.2. The van der Waals surface area contributed by atoms with Gasteiger partial charge >= 0.3 is 5.97 Å². The molecule has 7 heteroatoms. The number of aromatic nitrogens is 2. The molecule has 1 N–H and O–H groups in total. The Labute approximate surface area is 124 Å². The van der Waals surface area contributed by atoms with Crippen molar-refractivity contribution >= 4 is 17.7 Å². The van der Waals surface area contributed by atoms with E-state index < -0.39 is 11.8 Å². The molecular weight excluding hydrogens is 295 g/mol. The number of nitrogens with zero attached hydrogens (tertiary/aromatic N) is 2. The van der Waals surface area contributed by atoms with Crippen LogP contribution in [-0.2, 0) is 6.54 Å². The number of carboxylic acid groups (broad SMARTS) is 1. The van der Waals surface area contributed by atoms with Gasteiger partial charge in [-0.15, -0.1) is 0 Å². The fourth-order valence-electron chi connectivity index (χ4n) is 1.73. The lowest BCUT2D eigenvalue weighted by molar-refractivity contribution is 0.0696. The molecule has 0 aliphatic carbocycles. The number of hydrogen-bond donors (Lipinski definition) is 1. The van der Waals surface area contributed by atoms with Crippen LogP contribution in [0.25, 0.3) is 0 Å². The molecule has 0 bridgehead atoms. The highest BCUT2D eigenvalue weighted by Gasteiger charge is 2.13. The van der Waals surface area contributed by atoms with E-state index in [2.05, 4.69) is 4.98 Å². The lowest BCUT2D eigenvalue weighted by atomic mass is 10.2. The third kappa shape index (κ3) is 3.49. The Hall–Kier alpha value is -2.15. The minimum absolute atomic E-state index is 0.0382. The zero-order chi connectivity index (χ0) is 15.4. The van der Waals surface area contributed by atoms with E-state index in [1.807, 2.05) is 6.92 Å². The number of benzene rings is 1. The van der Waals surface area contributed by atoms with E-state index in [0.717, 1.165) is 24.2 Å². The topological polar surface area (TPSA) is 72.2 Å². The van der Waals surface area contributed by atoms with Crippen molar-refractivity contribution in [3.63, 3.8) is 0 Å². The third-order valence-corrected chi connectivity index (χ3v) is 3.74. The van der Waals surface area contributed by atoms with Crippen molar-refractivity contribution in [1.82, 2.24) is 9.55 Å². The van der Waals surface area contributed by atoms with Crippen LogP contribution in [0, 0.1) is 5.82 Å². The van der Waals surface area contributed by atoms with Gasteiger partial charge in [-0.3, -0.25) is 4.79 Å². The van der Waals surface area contributed by atoms with Crippen molar-refractivity contribution in [3.05, 3.63) is 52.3 Å². The van der Waals surface area contributed by atoms with Gasteiger partial charge in [-0.25, -0.2) is 14.2 Å². The van der Waals surface area contributed by atoms with E-state index in [4.69, 9.17) is 5.11 Å². The standard InChI is InChI=1S/C14H13FN2O3S/c1-2-6-17-7-5-16-12(13(17)18)21-11-8-9(14(19)20)3-4-10(11)15/h3-5,7-8H,2,6H2,1H3,(H,19,20). The largest absolute Gasteiger partial charge is 0.478 e. The van der Waals surface area contributed by atoms with Crippen LogP contribution in [0.1, 0.15) is 23.7 Å². The smallest absolute Gasteiger partial charge is 0.335 e. The average molecular weight is 308 g/mol. The van der Waals surface area contributed by atoms with Crippen molar-refractivity contribution < 1.29 is 14.3 Å². The van der Waals surface area contributed by atoms with Gasteiger partial charge in [0.25, 0.3) is 5.56 Å². The Morgan fingerprint density at radius 2 is 2.24 bits per heavy atom. The summed E-state index contributed by atoms with van der Waals surface area (Å²) >= 11 is 0.830. The van der Waals surface area contributed by atoms with Gasteiger partial charge in [0, 0.05) is 18.9 Å². The van der Waals surface area contributed by atoms with Gasteiger partial charge < -0.3 is 9.67 Å². The van der Waals surface area contributed by atoms with Crippen LogP contribution in [0.5, 0.6) is 0 Å². The molecule has 0 unspecified atom stereocenters. The number of rotatable bonds is 5.